The van der Waals surface area contributed by atoms with Crippen molar-refractivity contribution < 1.29 is 9.18 Å². The van der Waals surface area contributed by atoms with E-state index < -0.39 is 5.82 Å². The van der Waals surface area contributed by atoms with Crippen LogP contribution in [-0.4, -0.2) is 22.8 Å². The van der Waals surface area contributed by atoms with Gasteiger partial charge < -0.3 is 4.90 Å². The van der Waals surface area contributed by atoms with Gasteiger partial charge in [-0.3, -0.25) is 4.79 Å². The van der Waals surface area contributed by atoms with Crippen molar-refractivity contribution in [3.8, 4) is 0 Å². The molecule has 100 valence electrons. The van der Waals surface area contributed by atoms with Gasteiger partial charge in [0.05, 0.1) is 23.3 Å². The fraction of sp³-hybridized carbons (Fsp3) is 0.231. The number of amides is 1. The predicted molar refractivity (Wildman–Crippen MR) is 76.7 cm³/mol. The van der Waals surface area contributed by atoms with Crippen molar-refractivity contribution in [1.82, 2.24) is 9.88 Å². The third-order valence-electron chi connectivity index (χ3n) is 2.73. The van der Waals surface area contributed by atoms with Gasteiger partial charge in [0.1, 0.15) is 5.82 Å². The van der Waals surface area contributed by atoms with E-state index in [-0.39, 0.29) is 11.5 Å². The number of thiazole rings is 1. The van der Waals surface area contributed by atoms with Crippen LogP contribution in [0.25, 0.3) is 0 Å². The molecule has 0 aliphatic rings. The molecule has 0 bridgehead atoms. The van der Waals surface area contributed by atoms with Crippen LogP contribution in [0.3, 0.4) is 0 Å². The van der Waals surface area contributed by atoms with Crippen LogP contribution in [0, 0.1) is 12.7 Å². The SMILES string of the molecule is Cc1ncsc1CN(C)C(=O)c1cc(Br)ccc1F. The van der Waals surface area contributed by atoms with Crippen LogP contribution in [0.15, 0.2) is 28.2 Å². The summed E-state index contributed by atoms with van der Waals surface area (Å²) in [4.78, 5) is 18.8. The van der Waals surface area contributed by atoms with E-state index in [1.165, 1.54) is 28.4 Å². The van der Waals surface area contributed by atoms with Gasteiger partial charge in [-0.2, -0.15) is 0 Å². The summed E-state index contributed by atoms with van der Waals surface area (Å²) >= 11 is 4.73. The van der Waals surface area contributed by atoms with Crippen LogP contribution in [0.2, 0.25) is 0 Å². The Kier molecular flexibility index (Phi) is 4.31. The number of halogens is 2. The largest absolute Gasteiger partial charge is 0.336 e. The molecule has 1 aromatic carbocycles. The maximum Gasteiger partial charge on any atom is 0.256 e. The minimum absolute atomic E-state index is 0.0686. The molecule has 0 unspecified atom stereocenters. The maximum atomic E-state index is 13.7. The third kappa shape index (κ3) is 3.19. The minimum atomic E-state index is -0.513. The van der Waals surface area contributed by atoms with E-state index in [1.807, 2.05) is 6.92 Å². The Morgan fingerprint density at radius 3 is 2.89 bits per heavy atom. The monoisotopic (exact) mass is 342 g/mol. The lowest BCUT2D eigenvalue weighted by atomic mass is 10.2. The number of hydrogen-bond acceptors (Lipinski definition) is 3. The fourth-order valence-corrected chi connectivity index (χ4v) is 2.82. The zero-order valence-corrected chi connectivity index (χ0v) is 12.9. The third-order valence-corrected chi connectivity index (χ3v) is 4.14. The van der Waals surface area contributed by atoms with E-state index in [4.69, 9.17) is 0 Å². The van der Waals surface area contributed by atoms with E-state index in [1.54, 1.807) is 18.6 Å². The second-order valence-electron chi connectivity index (χ2n) is 4.15. The van der Waals surface area contributed by atoms with E-state index in [0.717, 1.165) is 10.6 Å². The molecule has 2 rings (SSSR count). The topological polar surface area (TPSA) is 33.2 Å². The highest BCUT2D eigenvalue weighted by Gasteiger charge is 2.18. The van der Waals surface area contributed by atoms with Crippen LogP contribution in [0.4, 0.5) is 4.39 Å². The molecule has 19 heavy (non-hydrogen) atoms. The summed E-state index contributed by atoms with van der Waals surface area (Å²) in [5.41, 5.74) is 2.71. The zero-order chi connectivity index (χ0) is 14.0. The predicted octanol–water partition coefficient (Wildman–Crippen LogP) is 3.63. The Labute approximate surface area is 123 Å². The molecule has 0 aliphatic heterocycles. The van der Waals surface area contributed by atoms with Crippen molar-refractivity contribution in [1.29, 1.82) is 0 Å². The number of rotatable bonds is 3. The van der Waals surface area contributed by atoms with E-state index >= 15 is 0 Å². The molecule has 6 heteroatoms. The first-order chi connectivity index (χ1) is 8.99. The Morgan fingerprint density at radius 2 is 2.26 bits per heavy atom. The van der Waals surface area contributed by atoms with Crippen molar-refractivity contribution in [2.45, 2.75) is 13.5 Å². The molecular weight excluding hydrogens is 331 g/mol. The molecule has 0 saturated heterocycles. The molecule has 0 atom stereocenters. The van der Waals surface area contributed by atoms with Crippen LogP contribution in [0.5, 0.6) is 0 Å². The normalized spacial score (nSPS) is 10.5. The molecule has 2 aromatic rings. The maximum absolute atomic E-state index is 13.7. The average Bonchev–Trinajstić information content (AvgIpc) is 2.77. The number of aryl methyl sites for hydroxylation is 1. The molecule has 1 heterocycles. The number of nitrogens with zero attached hydrogens (tertiary/aromatic N) is 2. The number of carbonyl (C=O) groups excluding carboxylic acids is 1. The first-order valence-electron chi connectivity index (χ1n) is 5.58. The summed E-state index contributed by atoms with van der Waals surface area (Å²) in [6, 6.07) is 4.34. The van der Waals surface area contributed by atoms with E-state index in [2.05, 4.69) is 20.9 Å². The van der Waals surface area contributed by atoms with Gasteiger partial charge in [-0.25, -0.2) is 9.37 Å². The van der Waals surface area contributed by atoms with Gasteiger partial charge in [0.15, 0.2) is 0 Å². The first-order valence-corrected chi connectivity index (χ1v) is 7.26. The number of hydrogen-bond donors (Lipinski definition) is 0. The van der Waals surface area contributed by atoms with Crippen LogP contribution < -0.4 is 0 Å². The van der Waals surface area contributed by atoms with Crippen LogP contribution in [0.1, 0.15) is 20.9 Å². The van der Waals surface area contributed by atoms with Crippen molar-refractivity contribution in [3.05, 3.63) is 50.1 Å². The Morgan fingerprint density at radius 1 is 1.53 bits per heavy atom. The molecule has 0 fully saturated rings. The van der Waals surface area contributed by atoms with Gasteiger partial charge in [-0.05, 0) is 25.1 Å². The zero-order valence-electron chi connectivity index (χ0n) is 10.5. The van der Waals surface area contributed by atoms with Gasteiger partial charge in [0.25, 0.3) is 5.91 Å². The molecule has 0 radical (unpaired) electrons. The number of carbonyl (C=O) groups is 1. The Bertz CT molecular complexity index is 614. The van der Waals surface area contributed by atoms with E-state index in [9.17, 15) is 9.18 Å². The average molecular weight is 343 g/mol. The fourth-order valence-electron chi connectivity index (χ4n) is 1.63. The second-order valence-corrected chi connectivity index (χ2v) is 6.00. The quantitative estimate of drug-likeness (QED) is 0.853. The summed E-state index contributed by atoms with van der Waals surface area (Å²) in [6.45, 7) is 2.32. The summed E-state index contributed by atoms with van der Waals surface area (Å²) in [5.74, 6) is -0.854. The van der Waals surface area contributed by atoms with Crippen molar-refractivity contribution in [3.63, 3.8) is 0 Å². The Balaban J connectivity index is 2.19. The molecule has 3 nitrogen and oxygen atoms in total. The molecule has 1 aromatic heterocycles. The van der Waals surface area contributed by atoms with Gasteiger partial charge >= 0.3 is 0 Å². The number of aromatic nitrogens is 1. The molecule has 0 spiro atoms. The summed E-state index contributed by atoms with van der Waals surface area (Å²) in [7, 11) is 1.65. The van der Waals surface area contributed by atoms with Crippen molar-refractivity contribution in [2.75, 3.05) is 7.05 Å². The smallest absolute Gasteiger partial charge is 0.256 e. The number of benzene rings is 1. The summed E-state index contributed by atoms with van der Waals surface area (Å²) < 4.78 is 14.3. The second kappa shape index (κ2) is 5.79. The lowest BCUT2D eigenvalue weighted by Crippen LogP contribution is -2.27. The molecule has 0 saturated carbocycles. The van der Waals surface area contributed by atoms with Gasteiger partial charge in [0.2, 0.25) is 0 Å². The molecule has 0 aliphatic carbocycles. The van der Waals surface area contributed by atoms with E-state index in [0.29, 0.717) is 11.0 Å². The minimum Gasteiger partial charge on any atom is -0.336 e. The van der Waals surface area contributed by atoms with Crippen molar-refractivity contribution in [2.24, 2.45) is 0 Å². The molecule has 1 amide bonds. The van der Waals surface area contributed by atoms with Gasteiger partial charge in [-0.1, -0.05) is 15.9 Å². The standard InChI is InChI=1S/C13H12BrFN2OS/c1-8-12(19-7-16-8)6-17(2)13(18)10-5-9(14)3-4-11(10)15/h3-5,7H,6H2,1-2H3. The van der Waals surface area contributed by atoms with Crippen molar-refractivity contribution >= 4 is 33.2 Å². The highest BCUT2D eigenvalue weighted by atomic mass is 79.9. The van der Waals surface area contributed by atoms with Crippen LogP contribution >= 0.6 is 27.3 Å². The summed E-state index contributed by atoms with van der Waals surface area (Å²) in [5, 5.41) is 0. The highest BCUT2D eigenvalue weighted by molar-refractivity contribution is 9.10. The molecular formula is C13H12BrFN2OS. The lowest BCUT2D eigenvalue weighted by Gasteiger charge is -2.17. The molecule has 0 N–H and O–H groups in total. The first kappa shape index (κ1) is 14.1. The van der Waals surface area contributed by atoms with Crippen LogP contribution in [-0.2, 0) is 6.54 Å². The highest BCUT2D eigenvalue weighted by Crippen LogP contribution is 2.19. The summed E-state index contributed by atoms with van der Waals surface area (Å²) in [6.07, 6.45) is 0. The van der Waals surface area contributed by atoms with Gasteiger partial charge in [0, 0.05) is 16.4 Å². The van der Waals surface area contributed by atoms with Gasteiger partial charge in [-0.15, -0.1) is 11.3 Å². The Hall–Kier alpha value is -1.27. The lowest BCUT2D eigenvalue weighted by molar-refractivity contribution is 0.0781.